The Balaban J connectivity index is 2.45. The molecule has 0 aliphatic rings. The average Bonchev–Trinajstić information content (AvgIpc) is 2.29. The Bertz CT molecular complexity index is 321. The number of anilines is 1. The van der Waals surface area contributed by atoms with Crippen molar-refractivity contribution >= 4 is 5.82 Å². The van der Waals surface area contributed by atoms with Gasteiger partial charge in [0.25, 0.3) is 0 Å². The molecule has 0 spiro atoms. The molecule has 90 valence electrons. The molecular formula is C12H22N4. The zero-order valence-corrected chi connectivity index (χ0v) is 10.7. The second-order valence-corrected chi connectivity index (χ2v) is 3.90. The van der Waals surface area contributed by atoms with E-state index < -0.39 is 0 Å². The SMILES string of the molecule is CCN(CC)CCNc1nc(C)cnc1C. The fraction of sp³-hybridized carbons (Fsp3) is 0.667. The third-order valence-electron chi connectivity index (χ3n) is 2.69. The Hall–Kier alpha value is -1.16. The van der Waals surface area contributed by atoms with Gasteiger partial charge in [0, 0.05) is 19.3 Å². The van der Waals surface area contributed by atoms with Crippen LogP contribution in [0.15, 0.2) is 6.20 Å². The maximum atomic E-state index is 4.43. The van der Waals surface area contributed by atoms with Crippen LogP contribution in [-0.4, -0.2) is 41.0 Å². The zero-order chi connectivity index (χ0) is 12.0. The van der Waals surface area contributed by atoms with E-state index in [-0.39, 0.29) is 0 Å². The molecule has 1 aromatic rings. The molecule has 1 heterocycles. The number of rotatable bonds is 6. The molecule has 0 saturated heterocycles. The van der Waals surface area contributed by atoms with Crippen molar-refractivity contribution in [2.24, 2.45) is 0 Å². The summed E-state index contributed by atoms with van der Waals surface area (Å²) in [6.07, 6.45) is 1.80. The minimum atomic E-state index is 0.909. The van der Waals surface area contributed by atoms with E-state index in [0.717, 1.165) is 43.4 Å². The highest BCUT2D eigenvalue weighted by Crippen LogP contribution is 2.07. The molecule has 1 aromatic heterocycles. The Morgan fingerprint density at radius 3 is 2.56 bits per heavy atom. The highest BCUT2D eigenvalue weighted by Gasteiger charge is 2.02. The molecule has 0 saturated carbocycles. The number of hydrogen-bond donors (Lipinski definition) is 1. The van der Waals surface area contributed by atoms with E-state index in [1.165, 1.54) is 0 Å². The Labute approximate surface area is 98.1 Å². The van der Waals surface area contributed by atoms with Crippen molar-refractivity contribution in [2.45, 2.75) is 27.7 Å². The first kappa shape index (κ1) is 12.9. The quantitative estimate of drug-likeness (QED) is 0.797. The molecule has 0 radical (unpaired) electrons. The smallest absolute Gasteiger partial charge is 0.147 e. The van der Waals surface area contributed by atoms with Crippen LogP contribution in [0.25, 0.3) is 0 Å². The number of likely N-dealkylation sites (N-methyl/N-ethyl adjacent to an activating group) is 1. The molecule has 4 nitrogen and oxygen atoms in total. The van der Waals surface area contributed by atoms with Crippen molar-refractivity contribution < 1.29 is 0 Å². The summed E-state index contributed by atoms with van der Waals surface area (Å²) in [5.74, 6) is 0.909. The van der Waals surface area contributed by atoms with E-state index in [2.05, 4.69) is 34.0 Å². The van der Waals surface area contributed by atoms with Crippen LogP contribution in [-0.2, 0) is 0 Å². The van der Waals surface area contributed by atoms with Crippen LogP contribution in [0.5, 0.6) is 0 Å². The van der Waals surface area contributed by atoms with Crippen LogP contribution in [0.3, 0.4) is 0 Å². The normalized spacial score (nSPS) is 10.8. The van der Waals surface area contributed by atoms with Gasteiger partial charge >= 0.3 is 0 Å². The van der Waals surface area contributed by atoms with Crippen molar-refractivity contribution in [1.82, 2.24) is 14.9 Å². The molecule has 1 rings (SSSR count). The minimum Gasteiger partial charge on any atom is -0.367 e. The molecule has 0 fully saturated rings. The fourth-order valence-electron chi connectivity index (χ4n) is 1.58. The van der Waals surface area contributed by atoms with E-state index >= 15 is 0 Å². The van der Waals surface area contributed by atoms with E-state index in [4.69, 9.17) is 0 Å². The number of aromatic nitrogens is 2. The number of hydrogen-bond acceptors (Lipinski definition) is 4. The molecule has 0 bridgehead atoms. The molecule has 0 amide bonds. The van der Waals surface area contributed by atoms with Crippen LogP contribution < -0.4 is 5.32 Å². The Kier molecular flexibility index (Phi) is 5.19. The molecule has 16 heavy (non-hydrogen) atoms. The first-order valence-corrected chi connectivity index (χ1v) is 5.93. The first-order chi connectivity index (χ1) is 7.67. The van der Waals surface area contributed by atoms with Crippen molar-refractivity contribution in [3.8, 4) is 0 Å². The summed E-state index contributed by atoms with van der Waals surface area (Å²) in [7, 11) is 0. The van der Waals surface area contributed by atoms with Crippen LogP contribution in [0.1, 0.15) is 25.2 Å². The molecule has 0 unspecified atom stereocenters. The van der Waals surface area contributed by atoms with Gasteiger partial charge in [-0.2, -0.15) is 0 Å². The monoisotopic (exact) mass is 222 g/mol. The summed E-state index contributed by atoms with van der Waals surface area (Å²) in [6, 6.07) is 0. The molecule has 0 atom stereocenters. The average molecular weight is 222 g/mol. The zero-order valence-electron chi connectivity index (χ0n) is 10.7. The lowest BCUT2D eigenvalue weighted by atomic mass is 10.4. The topological polar surface area (TPSA) is 41.0 Å². The summed E-state index contributed by atoms with van der Waals surface area (Å²) in [5, 5.41) is 3.34. The maximum Gasteiger partial charge on any atom is 0.147 e. The minimum absolute atomic E-state index is 0.909. The van der Waals surface area contributed by atoms with Gasteiger partial charge in [0.05, 0.1) is 11.4 Å². The van der Waals surface area contributed by atoms with Crippen molar-refractivity contribution in [3.63, 3.8) is 0 Å². The summed E-state index contributed by atoms with van der Waals surface area (Å²) >= 11 is 0. The molecule has 0 aliphatic heterocycles. The third kappa shape index (κ3) is 3.77. The third-order valence-corrected chi connectivity index (χ3v) is 2.69. The lowest BCUT2D eigenvalue weighted by Crippen LogP contribution is -2.29. The van der Waals surface area contributed by atoms with Crippen molar-refractivity contribution in [3.05, 3.63) is 17.6 Å². The van der Waals surface area contributed by atoms with Gasteiger partial charge in [-0.15, -0.1) is 0 Å². The first-order valence-electron chi connectivity index (χ1n) is 5.93. The predicted molar refractivity (Wildman–Crippen MR) is 67.8 cm³/mol. The van der Waals surface area contributed by atoms with Gasteiger partial charge in [-0.25, -0.2) is 4.98 Å². The van der Waals surface area contributed by atoms with Gasteiger partial charge in [0.15, 0.2) is 0 Å². The largest absolute Gasteiger partial charge is 0.367 e. The Morgan fingerprint density at radius 2 is 1.94 bits per heavy atom. The van der Waals surface area contributed by atoms with Gasteiger partial charge in [-0.05, 0) is 26.9 Å². The van der Waals surface area contributed by atoms with Gasteiger partial charge in [-0.3, -0.25) is 4.98 Å². The van der Waals surface area contributed by atoms with E-state index in [0.29, 0.717) is 0 Å². The number of aryl methyl sites for hydroxylation is 2. The van der Waals surface area contributed by atoms with Crippen LogP contribution in [0.4, 0.5) is 5.82 Å². The summed E-state index contributed by atoms with van der Waals surface area (Å²) in [4.78, 5) is 11.1. The van der Waals surface area contributed by atoms with E-state index in [1.807, 2.05) is 13.8 Å². The van der Waals surface area contributed by atoms with Gasteiger partial charge < -0.3 is 10.2 Å². The lowest BCUT2D eigenvalue weighted by molar-refractivity contribution is 0.316. The molecule has 0 aliphatic carbocycles. The van der Waals surface area contributed by atoms with Gasteiger partial charge in [0.1, 0.15) is 5.82 Å². The number of nitrogens with zero attached hydrogens (tertiary/aromatic N) is 3. The second-order valence-electron chi connectivity index (χ2n) is 3.90. The molecular weight excluding hydrogens is 200 g/mol. The summed E-state index contributed by atoms with van der Waals surface area (Å²) < 4.78 is 0. The van der Waals surface area contributed by atoms with Gasteiger partial charge in [0.2, 0.25) is 0 Å². The predicted octanol–water partition coefficient (Wildman–Crippen LogP) is 1.85. The van der Waals surface area contributed by atoms with E-state index in [1.54, 1.807) is 6.20 Å². The molecule has 0 aromatic carbocycles. The maximum absolute atomic E-state index is 4.43. The van der Waals surface area contributed by atoms with Gasteiger partial charge in [-0.1, -0.05) is 13.8 Å². The fourth-order valence-corrected chi connectivity index (χ4v) is 1.58. The van der Waals surface area contributed by atoms with Crippen molar-refractivity contribution in [2.75, 3.05) is 31.5 Å². The van der Waals surface area contributed by atoms with Crippen LogP contribution in [0, 0.1) is 13.8 Å². The standard InChI is InChI=1S/C12H22N4/c1-5-16(6-2)8-7-13-12-11(4)14-9-10(3)15-12/h9H,5-8H2,1-4H3,(H,13,15). The second kappa shape index (κ2) is 6.43. The van der Waals surface area contributed by atoms with Crippen LogP contribution in [0.2, 0.25) is 0 Å². The lowest BCUT2D eigenvalue weighted by Gasteiger charge is -2.18. The van der Waals surface area contributed by atoms with Crippen molar-refractivity contribution in [1.29, 1.82) is 0 Å². The highest BCUT2D eigenvalue weighted by atomic mass is 15.1. The summed E-state index contributed by atoms with van der Waals surface area (Å²) in [6.45, 7) is 12.5. The van der Waals surface area contributed by atoms with E-state index in [9.17, 15) is 0 Å². The Morgan fingerprint density at radius 1 is 1.25 bits per heavy atom. The van der Waals surface area contributed by atoms with Crippen LogP contribution >= 0.6 is 0 Å². The molecule has 4 heteroatoms. The highest BCUT2D eigenvalue weighted by molar-refractivity contribution is 5.39. The summed E-state index contributed by atoms with van der Waals surface area (Å²) in [5.41, 5.74) is 1.92. The number of nitrogens with one attached hydrogen (secondary N) is 1. The molecule has 1 N–H and O–H groups in total.